The van der Waals surface area contributed by atoms with E-state index in [9.17, 15) is 9.59 Å². The van der Waals surface area contributed by atoms with Gasteiger partial charge in [-0.3, -0.25) is 4.79 Å². The van der Waals surface area contributed by atoms with Crippen LogP contribution in [-0.4, -0.2) is 36.9 Å². The van der Waals surface area contributed by atoms with E-state index in [1.165, 1.54) is 0 Å². The molecule has 1 aromatic carbocycles. The molecular formula is C21H27NO6. The van der Waals surface area contributed by atoms with E-state index in [-0.39, 0.29) is 37.5 Å². The van der Waals surface area contributed by atoms with Crippen LogP contribution in [0.2, 0.25) is 0 Å². The summed E-state index contributed by atoms with van der Waals surface area (Å²) in [5, 5.41) is 12.1. The number of nitrogens with one attached hydrogen (secondary N) is 1. The third-order valence-corrected chi connectivity index (χ3v) is 5.20. The number of ether oxygens (including phenoxy) is 2. The van der Waals surface area contributed by atoms with Crippen molar-refractivity contribution >= 4 is 16.9 Å². The lowest BCUT2D eigenvalue weighted by Crippen LogP contribution is -2.32. The van der Waals surface area contributed by atoms with Crippen LogP contribution in [0, 0.1) is 6.92 Å². The van der Waals surface area contributed by atoms with Crippen LogP contribution in [0.3, 0.4) is 0 Å². The van der Waals surface area contributed by atoms with E-state index in [1.54, 1.807) is 7.11 Å². The molecule has 0 unspecified atom stereocenters. The smallest absolute Gasteiger partial charge is 0.339 e. The standard InChI is InChI=1S/C21H27NO6/c1-12-13(5-6-17(24)22-9-10-23)20(25)27-19-14-7-8-21(2,3)28-15(14)11-16(26-4)18(12)19/h11,23H,5-10H2,1-4H3,(H,22,24). The molecule has 2 heterocycles. The quantitative estimate of drug-likeness (QED) is 0.736. The van der Waals surface area contributed by atoms with E-state index in [0.29, 0.717) is 22.6 Å². The van der Waals surface area contributed by atoms with Crippen molar-refractivity contribution in [3.05, 3.63) is 33.2 Å². The first-order valence-electron chi connectivity index (χ1n) is 9.50. The Kier molecular flexibility index (Phi) is 5.65. The summed E-state index contributed by atoms with van der Waals surface area (Å²) < 4.78 is 17.4. The molecule has 2 N–H and O–H groups in total. The van der Waals surface area contributed by atoms with Gasteiger partial charge in [-0.05, 0) is 45.6 Å². The lowest BCUT2D eigenvalue weighted by atomic mass is 9.91. The van der Waals surface area contributed by atoms with Crippen LogP contribution >= 0.6 is 0 Å². The van der Waals surface area contributed by atoms with Crippen molar-refractivity contribution in [1.29, 1.82) is 0 Å². The number of aryl methyl sites for hydroxylation is 2. The summed E-state index contributed by atoms with van der Waals surface area (Å²) in [7, 11) is 1.57. The van der Waals surface area contributed by atoms with Crippen LogP contribution in [-0.2, 0) is 17.6 Å². The number of carbonyl (C=O) groups is 1. The fourth-order valence-corrected chi connectivity index (χ4v) is 3.65. The minimum Gasteiger partial charge on any atom is -0.496 e. The van der Waals surface area contributed by atoms with E-state index in [1.807, 2.05) is 26.8 Å². The molecule has 0 saturated heterocycles. The number of carbonyl (C=O) groups excluding carboxylic acids is 1. The predicted octanol–water partition coefficient (Wildman–Crippen LogP) is 2.25. The second kappa shape index (κ2) is 7.83. The van der Waals surface area contributed by atoms with Crippen molar-refractivity contribution in [2.24, 2.45) is 0 Å². The van der Waals surface area contributed by atoms with Crippen molar-refractivity contribution in [3.8, 4) is 11.5 Å². The predicted molar refractivity (Wildman–Crippen MR) is 105 cm³/mol. The molecule has 0 spiro atoms. The van der Waals surface area contributed by atoms with Gasteiger partial charge < -0.3 is 24.3 Å². The van der Waals surface area contributed by atoms with Crippen molar-refractivity contribution < 1.29 is 23.8 Å². The van der Waals surface area contributed by atoms with Crippen molar-refractivity contribution in [2.75, 3.05) is 20.3 Å². The molecule has 0 bridgehead atoms. The van der Waals surface area contributed by atoms with Gasteiger partial charge in [0.1, 0.15) is 22.7 Å². The minimum atomic E-state index is -0.444. The molecule has 0 radical (unpaired) electrons. The van der Waals surface area contributed by atoms with Crippen molar-refractivity contribution in [1.82, 2.24) is 5.32 Å². The number of hydrogen-bond donors (Lipinski definition) is 2. The minimum absolute atomic E-state index is 0.121. The Morgan fingerprint density at radius 1 is 1.39 bits per heavy atom. The molecule has 0 aliphatic carbocycles. The van der Waals surface area contributed by atoms with Gasteiger partial charge in [-0.15, -0.1) is 0 Å². The van der Waals surface area contributed by atoms with Gasteiger partial charge in [0.05, 0.1) is 19.1 Å². The second-order valence-corrected chi connectivity index (χ2v) is 7.69. The number of rotatable bonds is 6. The fourth-order valence-electron chi connectivity index (χ4n) is 3.65. The Hall–Kier alpha value is -2.54. The molecule has 28 heavy (non-hydrogen) atoms. The molecule has 0 saturated carbocycles. The van der Waals surface area contributed by atoms with Gasteiger partial charge in [-0.25, -0.2) is 4.79 Å². The molecule has 2 aromatic rings. The molecule has 7 nitrogen and oxygen atoms in total. The van der Waals surface area contributed by atoms with Crippen LogP contribution < -0.4 is 20.4 Å². The first kappa shape index (κ1) is 20.2. The summed E-state index contributed by atoms with van der Waals surface area (Å²) in [6, 6.07) is 1.85. The zero-order chi connectivity index (χ0) is 20.5. The lowest BCUT2D eigenvalue weighted by molar-refractivity contribution is -0.121. The Labute approximate surface area is 163 Å². The van der Waals surface area contributed by atoms with E-state index in [4.69, 9.17) is 19.0 Å². The molecule has 0 atom stereocenters. The normalized spacial score (nSPS) is 15.0. The topological polar surface area (TPSA) is 98.0 Å². The van der Waals surface area contributed by atoms with E-state index < -0.39 is 5.63 Å². The average Bonchev–Trinajstić information content (AvgIpc) is 2.64. The zero-order valence-electron chi connectivity index (χ0n) is 16.8. The molecule has 1 amide bonds. The zero-order valence-corrected chi connectivity index (χ0v) is 16.8. The van der Waals surface area contributed by atoms with E-state index >= 15 is 0 Å². The van der Waals surface area contributed by atoms with Gasteiger partial charge in [-0.2, -0.15) is 0 Å². The summed E-state index contributed by atoms with van der Waals surface area (Å²) in [5.41, 5.74) is 1.86. The SMILES string of the molecule is COc1cc2c(c3oc(=O)c(CCC(=O)NCCO)c(C)c13)CCC(C)(C)O2. The summed E-state index contributed by atoms with van der Waals surface area (Å²) >= 11 is 0. The average molecular weight is 389 g/mol. The summed E-state index contributed by atoms with van der Waals surface area (Å²) in [6.07, 6.45) is 1.96. The Balaban J connectivity index is 2.06. The molecule has 3 rings (SSSR count). The fraction of sp³-hybridized carbons (Fsp3) is 0.524. The van der Waals surface area contributed by atoms with Gasteiger partial charge >= 0.3 is 5.63 Å². The molecule has 1 aromatic heterocycles. The number of aliphatic hydroxyl groups is 1. The van der Waals surface area contributed by atoms with Gasteiger partial charge in [0.25, 0.3) is 0 Å². The number of hydrogen-bond acceptors (Lipinski definition) is 6. The van der Waals surface area contributed by atoms with Gasteiger partial charge in [0, 0.05) is 30.2 Å². The highest BCUT2D eigenvalue weighted by Gasteiger charge is 2.31. The van der Waals surface area contributed by atoms with Crippen LogP contribution in [0.5, 0.6) is 11.5 Å². The second-order valence-electron chi connectivity index (χ2n) is 7.69. The van der Waals surface area contributed by atoms with Crippen LogP contribution in [0.15, 0.2) is 15.3 Å². The van der Waals surface area contributed by atoms with Gasteiger partial charge in [0.15, 0.2) is 0 Å². The Morgan fingerprint density at radius 3 is 2.82 bits per heavy atom. The van der Waals surface area contributed by atoms with E-state index in [0.717, 1.165) is 29.4 Å². The molecule has 1 aliphatic rings. The monoisotopic (exact) mass is 389 g/mol. The third kappa shape index (κ3) is 3.85. The molecule has 152 valence electrons. The highest BCUT2D eigenvalue weighted by Crippen LogP contribution is 2.43. The van der Waals surface area contributed by atoms with Crippen molar-refractivity contribution in [3.63, 3.8) is 0 Å². The largest absolute Gasteiger partial charge is 0.496 e. The molecule has 0 fully saturated rings. The number of benzene rings is 1. The molecular weight excluding hydrogens is 362 g/mol. The van der Waals surface area contributed by atoms with Crippen LogP contribution in [0.4, 0.5) is 0 Å². The van der Waals surface area contributed by atoms with E-state index in [2.05, 4.69) is 5.32 Å². The molecule has 7 heteroatoms. The molecule has 1 aliphatic heterocycles. The van der Waals surface area contributed by atoms with Gasteiger partial charge in [0.2, 0.25) is 5.91 Å². The van der Waals surface area contributed by atoms with Crippen LogP contribution in [0.1, 0.15) is 43.4 Å². The Bertz CT molecular complexity index is 960. The lowest BCUT2D eigenvalue weighted by Gasteiger charge is -2.33. The summed E-state index contributed by atoms with van der Waals surface area (Å²) in [5.74, 6) is 1.04. The maximum Gasteiger partial charge on any atom is 0.339 e. The highest BCUT2D eigenvalue weighted by molar-refractivity contribution is 5.92. The maximum absolute atomic E-state index is 12.7. The Morgan fingerprint density at radius 2 is 2.14 bits per heavy atom. The highest BCUT2D eigenvalue weighted by atomic mass is 16.5. The van der Waals surface area contributed by atoms with Gasteiger partial charge in [-0.1, -0.05) is 0 Å². The van der Waals surface area contributed by atoms with Crippen LogP contribution in [0.25, 0.3) is 11.0 Å². The summed E-state index contributed by atoms with van der Waals surface area (Å²) in [6.45, 7) is 5.98. The third-order valence-electron chi connectivity index (χ3n) is 5.20. The van der Waals surface area contributed by atoms with Crippen molar-refractivity contribution in [2.45, 2.75) is 52.1 Å². The summed E-state index contributed by atoms with van der Waals surface area (Å²) in [4.78, 5) is 24.5. The number of aliphatic hydroxyl groups excluding tert-OH is 1. The first-order chi connectivity index (χ1) is 13.3. The first-order valence-corrected chi connectivity index (χ1v) is 9.50. The number of methoxy groups -OCH3 is 1. The maximum atomic E-state index is 12.7. The number of fused-ring (bicyclic) bond motifs is 3. The number of amides is 1.